The van der Waals surface area contributed by atoms with Crippen LogP contribution < -0.4 is 0 Å². The Balaban J connectivity index is 2.06. The maximum absolute atomic E-state index is 4.06. The Kier molecular flexibility index (Phi) is 1.12. The van der Waals surface area contributed by atoms with Crippen molar-refractivity contribution in [2.75, 3.05) is 13.1 Å². The van der Waals surface area contributed by atoms with Gasteiger partial charge in [-0.15, -0.1) is 0 Å². The van der Waals surface area contributed by atoms with Gasteiger partial charge in [-0.25, -0.2) is 0 Å². The minimum Gasteiger partial charge on any atom is -0.297 e. The largest absolute Gasteiger partial charge is 0.297 e. The van der Waals surface area contributed by atoms with Gasteiger partial charge >= 0.3 is 0 Å². The molecule has 0 aliphatic carbocycles. The Bertz CT molecular complexity index is 140. The molecule has 2 fully saturated rings. The minimum absolute atomic E-state index is 0.791. The molecule has 1 heteroatoms. The topological polar surface area (TPSA) is 3.24 Å². The summed E-state index contributed by atoms with van der Waals surface area (Å²) >= 11 is 0. The Morgan fingerprint density at radius 1 is 1.44 bits per heavy atom. The molecule has 0 bridgehead atoms. The number of rotatable bonds is 0. The highest BCUT2D eigenvalue weighted by Gasteiger charge is 2.31. The van der Waals surface area contributed by atoms with Crippen molar-refractivity contribution in [3.8, 4) is 0 Å². The summed E-state index contributed by atoms with van der Waals surface area (Å²) in [6, 6.07) is 0.791. The second kappa shape index (κ2) is 1.84. The van der Waals surface area contributed by atoms with E-state index >= 15 is 0 Å². The predicted molar refractivity (Wildman–Crippen MR) is 38.4 cm³/mol. The van der Waals surface area contributed by atoms with Gasteiger partial charge in [0.15, 0.2) is 0 Å². The van der Waals surface area contributed by atoms with Crippen LogP contribution in [0.3, 0.4) is 0 Å². The average Bonchev–Trinajstić information content (AvgIpc) is 1.74. The highest BCUT2D eigenvalue weighted by Crippen LogP contribution is 2.30. The molecule has 2 heterocycles. The van der Waals surface area contributed by atoms with Gasteiger partial charge in [-0.1, -0.05) is 12.2 Å². The van der Waals surface area contributed by atoms with Gasteiger partial charge in [0.05, 0.1) is 0 Å². The zero-order valence-electron chi connectivity index (χ0n) is 5.77. The molecule has 0 amide bonds. The molecule has 9 heavy (non-hydrogen) atoms. The van der Waals surface area contributed by atoms with Crippen molar-refractivity contribution in [1.82, 2.24) is 4.90 Å². The second-order valence-electron chi connectivity index (χ2n) is 3.10. The van der Waals surface area contributed by atoms with Gasteiger partial charge in [0.1, 0.15) is 0 Å². The van der Waals surface area contributed by atoms with Crippen LogP contribution in [-0.2, 0) is 0 Å². The Labute approximate surface area is 56.4 Å². The fraction of sp³-hybridized carbons (Fsp3) is 0.750. The number of hydrogen-bond donors (Lipinski definition) is 0. The van der Waals surface area contributed by atoms with E-state index in [0.717, 1.165) is 6.04 Å². The summed E-state index contributed by atoms with van der Waals surface area (Å²) < 4.78 is 0. The molecule has 0 saturated carbocycles. The third-order valence-corrected chi connectivity index (χ3v) is 2.54. The molecule has 0 radical (unpaired) electrons. The summed E-state index contributed by atoms with van der Waals surface area (Å²) in [6.07, 6.45) is 4.00. The Morgan fingerprint density at radius 2 is 2.33 bits per heavy atom. The molecule has 0 N–H and O–H groups in total. The van der Waals surface area contributed by atoms with Gasteiger partial charge in [0.25, 0.3) is 0 Å². The first-order chi connectivity index (χ1) is 4.38. The maximum atomic E-state index is 4.06. The molecule has 2 aliphatic rings. The summed E-state index contributed by atoms with van der Waals surface area (Å²) in [7, 11) is 0. The Hall–Kier alpha value is -0.300. The van der Waals surface area contributed by atoms with Crippen LogP contribution >= 0.6 is 0 Å². The summed E-state index contributed by atoms with van der Waals surface area (Å²) in [4.78, 5) is 2.53. The van der Waals surface area contributed by atoms with Crippen molar-refractivity contribution in [3.05, 3.63) is 12.2 Å². The Morgan fingerprint density at radius 3 is 2.78 bits per heavy atom. The van der Waals surface area contributed by atoms with Gasteiger partial charge in [0, 0.05) is 12.6 Å². The van der Waals surface area contributed by atoms with Crippen molar-refractivity contribution < 1.29 is 0 Å². The van der Waals surface area contributed by atoms with Crippen molar-refractivity contribution in [1.29, 1.82) is 0 Å². The third kappa shape index (κ3) is 0.715. The quantitative estimate of drug-likeness (QED) is 0.440. The first-order valence-corrected chi connectivity index (χ1v) is 3.79. The van der Waals surface area contributed by atoms with E-state index in [1.165, 1.54) is 37.9 Å². The smallest absolute Gasteiger partial charge is 0.0317 e. The van der Waals surface area contributed by atoms with Gasteiger partial charge in [-0.05, 0) is 25.8 Å². The zero-order valence-corrected chi connectivity index (χ0v) is 5.77. The molecular weight excluding hydrogens is 110 g/mol. The average molecular weight is 123 g/mol. The van der Waals surface area contributed by atoms with Crippen LogP contribution in [0.15, 0.2) is 12.2 Å². The SMILES string of the molecule is C=C1CCCN2CCC12. The molecule has 1 unspecified atom stereocenters. The standard InChI is InChI=1S/C8H13N/c1-7-3-2-5-9-6-4-8(7)9/h8H,1-6H2. The van der Waals surface area contributed by atoms with E-state index in [2.05, 4.69) is 11.5 Å². The van der Waals surface area contributed by atoms with Crippen molar-refractivity contribution in [2.45, 2.75) is 25.3 Å². The van der Waals surface area contributed by atoms with E-state index in [4.69, 9.17) is 0 Å². The van der Waals surface area contributed by atoms with Gasteiger partial charge < -0.3 is 0 Å². The molecule has 1 atom stereocenters. The molecule has 0 aromatic carbocycles. The summed E-state index contributed by atoms with van der Waals surface area (Å²) in [6.45, 7) is 6.70. The minimum atomic E-state index is 0.791. The van der Waals surface area contributed by atoms with E-state index < -0.39 is 0 Å². The monoisotopic (exact) mass is 123 g/mol. The van der Waals surface area contributed by atoms with Gasteiger partial charge in [-0.3, -0.25) is 4.90 Å². The van der Waals surface area contributed by atoms with E-state index in [0.29, 0.717) is 0 Å². The molecule has 0 aromatic rings. The van der Waals surface area contributed by atoms with E-state index in [1.54, 1.807) is 0 Å². The number of piperidine rings is 1. The molecule has 0 aromatic heterocycles. The predicted octanol–water partition coefficient (Wildman–Crippen LogP) is 1.41. The zero-order chi connectivity index (χ0) is 6.27. The number of hydrogen-bond acceptors (Lipinski definition) is 1. The highest BCUT2D eigenvalue weighted by atomic mass is 15.2. The second-order valence-corrected chi connectivity index (χ2v) is 3.10. The lowest BCUT2D eigenvalue weighted by Crippen LogP contribution is -2.51. The molecule has 2 aliphatic heterocycles. The van der Waals surface area contributed by atoms with Crippen LogP contribution in [-0.4, -0.2) is 24.0 Å². The summed E-state index contributed by atoms with van der Waals surface area (Å²) in [5, 5.41) is 0. The molecular formula is C8H13N. The van der Waals surface area contributed by atoms with E-state index in [1.807, 2.05) is 0 Å². The molecule has 2 saturated heterocycles. The number of fused-ring (bicyclic) bond motifs is 1. The molecule has 2 rings (SSSR count). The fourth-order valence-corrected chi connectivity index (χ4v) is 1.85. The molecule has 50 valence electrons. The fourth-order valence-electron chi connectivity index (χ4n) is 1.85. The number of nitrogens with zero attached hydrogens (tertiary/aromatic N) is 1. The van der Waals surface area contributed by atoms with E-state index in [9.17, 15) is 0 Å². The molecule has 0 spiro atoms. The summed E-state index contributed by atoms with van der Waals surface area (Å²) in [5.74, 6) is 0. The lowest BCUT2D eigenvalue weighted by Gasteiger charge is -2.45. The molecule has 1 nitrogen and oxygen atoms in total. The van der Waals surface area contributed by atoms with Crippen LogP contribution in [0.2, 0.25) is 0 Å². The van der Waals surface area contributed by atoms with Crippen LogP contribution in [0.1, 0.15) is 19.3 Å². The van der Waals surface area contributed by atoms with Crippen LogP contribution in [0, 0.1) is 0 Å². The third-order valence-electron chi connectivity index (χ3n) is 2.54. The van der Waals surface area contributed by atoms with Gasteiger partial charge in [0.2, 0.25) is 0 Å². The van der Waals surface area contributed by atoms with Crippen LogP contribution in [0.4, 0.5) is 0 Å². The first-order valence-electron chi connectivity index (χ1n) is 3.79. The van der Waals surface area contributed by atoms with Crippen LogP contribution in [0.5, 0.6) is 0 Å². The lowest BCUT2D eigenvalue weighted by atomic mass is 9.88. The van der Waals surface area contributed by atoms with Crippen molar-refractivity contribution >= 4 is 0 Å². The van der Waals surface area contributed by atoms with Crippen molar-refractivity contribution in [3.63, 3.8) is 0 Å². The van der Waals surface area contributed by atoms with Crippen molar-refractivity contribution in [2.24, 2.45) is 0 Å². The lowest BCUT2D eigenvalue weighted by molar-refractivity contribution is 0.0941. The highest BCUT2D eigenvalue weighted by molar-refractivity contribution is 5.13. The van der Waals surface area contributed by atoms with Crippen LogP contribution in [0.25, 0.3) is 0 Å². The normalized spacial score (nSPS) is 35.6. The summed E-state index contributed by atoms with van der Waals surface area (Å²) in [5.41, 5.74) is 1.48. The first kappa shape index (κ1) is 5.48. The van der Waals surface area contributed by atoms with Gasteiger partial charge in [-0.2, -0.15) is 0 Å². The maximum Gasteiger partial charge on any atom is 0.0317 e. The van der Waals surface area contributed by atoms with E-state index in [-0.39, 0.29) is 0 Å².